The van der Waals surface area contributed by atoms with Gasteiger partial charge in [0.25, 0.3) is 0 Å². The van der Waals surface area contributed by atoms with Crippen LogP contribution in [0.2, 0.25) is 0 Å². The van der Waals surface area contributed by atoms with Gasteiger partial charge in [-0.15, -0.1) is 11.5 Å². The number of phenols is 2. The standard InChI is InChI=1S/C11H20.C10H12O2.2Y/c1-4-10(3)11-7-5-9(2)6-8-11;1-2-3-4-8-5-9(11)7-10(12)6-8;;/h5,10-11H,4,6-8H2,1-3H3;7,11-12H,2-4H2,1H3;;/q;-2;;. The van der Waals surface area contributed by atoms with Gasteiger partial charge in [-0.1, -0.05) is 58.1 Å². The Balaban J connectivity index is 0. The predicted molar refractivity (Wildman–Crippen MR) is 96.6 cm³/mol. The minimum atomic E-state index is -0.0163. The molecule has 0 aliphatic heterocycles. The molecule has 2 atom stereocenters. The molecule has 25 heavy (non-hydrogen) atoms. The summed E-state index contributed by atoms with van der Waals surface area (Å²) in [6.07, 6.45) is 10.8. The molecule has 0 saturated carbocycles. The van der Waals surface area contributed by atoms with Crippen LogP contribution < -0.4 is 0 Å². The van der Waals surface area contributed by atoms with Crippen molar-refractivity contribution in [1.29, 1.82) is 0 Å². The van der Waals surface area contributed by atoms with E-state index in [0.717, 1.165) is 36.7 Å². The average molecular weight is 494 g/mol. The number of rotatable bonds is 5. The van der Waals surface area contributed by atoms with Crippen molar-refractivity contribution in [3.8, 4) is 11.5 Å². The summed E-state index contributed by atoms with van der Waals surface area (Å²) in [5.74, 6) is 1.87. The number of benzene rings is 1. The summed E-state index contributed by atoms with van der Waals surface area (Å²) in [5.41, 5.74) is 2.35. The van der Waals surface area contributed by atoms with E-state index in [4.69, 9.17) is 10.2 Å². The van der Waals surface area contributed by atoms with Crippen LogP contribution in [0.15, 0.2) is 17.7 Å². The topological polar surface area (TPSA) is 40.5 Å². The van der Waals surface area contributed by atoms with Crippen molar-refractivity contribution in [1.82, 2.24) is 0 Å². The van der Waals surface area contributed by atoms with Crippen LogP contribution in [0.4, 0.5) is 0 Å². The Morgan fingerprint density at radius 3 is 2.20 bits per heavy atom. The van der Waals surface area contributed by atoms with Gasteiger partial charge in [0.1, 0.15) is 0 Å². The van der Waals surface area contributed by atoms with E-state index < -0.39 is 0 Å². The summed E-state index contributed by atoms with van der Waals surface area (Å²) in [4.78, 5) is 0. The van der Waals surface area contributed by atoms with Gasteiger partial charge in [-0.25, -0.2) is 6.07 Å². The van der Waals surface area contributed by atoms with Crippen LogP contribution in [0.5, 0.6) is 11.5 Å². The van der Waals surface area contributed by atoms with Crippen LogP contribution in [0, 0.1) is 24.0 Å². The molecule has 0 aromatic heterocycles. The fourth-order valence-electron chi connectivity index (χ4n) is 2.86. The molecular formula is C21H32O2Y2-2. The van der Waals surface area contributed by atoms with E-state index in [0.29, 0.717) is 0 Å². The van der Waals surface area contributed by atoms with E-state index >= 15 is 0 Å². The molecule has 0 heterocycles. The van der Waals surface area contributed by atoms with E-state index in [-0.39, 0.29) is 76.9 Å². The van der Waals surface area contributed by atoms with Crippen molar-refractivity contribution in [3.63, 3.8) is 0 Å². The molecule has 0 saturated heterocycles. The number of unbranched alkanes of at least 4 members (excludes halogenated alkanes) is 1. The van der Waals surface area contributed by atoms with Crippen LogP contribution >= 0.6 is 0 Å². The number of allylic oxidation sites excluding steroid dienone is 2. The maximum atomic E-state index is 9.06. The molecular weight excluding hydrogens is 462 g/mol. The van der Waals surface area contributed by atoms with Crippen molar-refractivity contribution in [3.05, 3.63) is 35.4 Å². The van der Waals surface area contributed by atoms with Gasteiger partial charge in [0.2, 0.25) is 0 Å². The molecule has 0 fully saturated rings. The van der Waals surface area contributed by atoms with E-state index in [1.54, 1.807) is 5.57 Å². The number of aromatic hydroxyl groups is 2. The molecule has 1 aliphatic carbocycles. The van der Waals surface area contributed by atoms with Gasteiger partial charge < -0.3 is 22.3 Å². The van der Waals surface area contributed by atoms with Gasteiger partial charge in [-0.2, -0.15) is 0 Å². The Hall–Kier alpha value is 0.768. The quantitative estimate of drug-likeness (QED) is 0.401. The second-order valence-electron chi connectivity index (χ2n) is 6.72. The smallest absolute Gasteiger partial charge is 0 e. The third kappa shape index (κ3) is 12.0. The molecule has 2 N–H and O–H groups in total. The number of hydrogen-bond donors (Lipinski definition) is 2. The SMILES string of the molecule is CCC(C)C1CC=C(C)CC1.CCCCc1[c-]c(O)cc(O)[c-]1.[Y].[Y]. The summed E-state index contributed by atoms with van der Waals surface area (Å²) in [6.45, 7) is 9.03. The molecule has 4 heteroatoms. The third-order valence-corrected chi connectivity index (χ3v) is 4.74. The molecule has 1 aromatic rings. The maximum Gasteiger partial charge on any atom is 0 e. The number of hydrogen-bond acceptors (Lipinski definition) is 2. The van der Waals surface area contributed by atoms with Crippen molar-refractivity contribution >= 4 is 0 Å². The third-order valence-electron chi connectivity index (χ3n) is 4.74. The van der Waals surface area contributed by atoms with E-state index in [1.807, 2.05) is 0 Å². The molecule has 2 rings (SSSR count). The molecule has 1 aliphatic rings. The van der Waals surface area contributed by atoms with E-state index in [1.165, 1.54) is 31.7 Å². The second-order valence-corrected chi connectivity index (χ2v) is 6.72. The Bertz CT molecular complexity index is 480. The van der Waals surface area contributed by atoms with Gasteiger partial charge in [0.05, 0.1) is 0 Å². The van der Waals surface area contributed by atoms with Gasteiger partial charge in [-0.3, -0.25) is 5.56 Å². The van der Waals surface area contributed by atoms with Gasteiger partial charge >= 0.3 is 0 Å². The first kappa shape index (κ1) is 28.0. The maximum absolute atomic E-state index is 9.06. The van der Waals surface area contributed by atoms with Crippen LogP contribution in [0.1, 0.15) is 71.8 Å². The van der Waals surface area contributed by atoms with Gasteiger partial charge in [0, 0.05) is 65.4 Å². The Kier molecular flexibility index (Phi) is 17.7. The normalized spacial score (nSPS) is 17.1. The van der Waals surface area contributed by atoms with Crippen LogP contribution in [0.3, 0.4) is 0 Å². The molecule has 136 valence electrons. The molecule has 0 amide bonds. The van der Waals surface area contributed by atoms with Gasteiger partial charge in [-0.05, 0) is 38.0 Å². The zero-order valence-electron chi connectivity index (χ0n) is 16.3. The van der Waals surface area contributed by atoms with Gasteiger partial charge in [0.15, 0.2) is 0 Å². The molecule has 0 spiro atoms. The molecule has 2 radical (unpaired) electrons. The largest absolute Gasteiger partial charge is 0.557 e. The molecule has 2 nitrogen and oxygen atoms in total. The zero-order valence-corrected chi connectivity index (χ0v) is 22.0. The van der Waals surface area contributed by atoms with Crippen LogP contribution in [-0.4, -0.2) is 10.2 Å². The Morgan fingerprint density at radius 1 is 1.16 bits per heavy atom. The summed E-state index contributed by atoms with van der Waals surface area (Å²) in [5, 5.41) is 18.1. The molecule has 1 aromatic carbocycles. The first-order valence-electron chi connectivity index (χ1n) is 8.98. The van der Waals surface area contributed by atoms with Crippen molar-refractivity contribution in [2.75, 3.05) is 0 Å². The molecule has 2 unspecified atom stereocenters. The number of aryl methyl sites for hydroxylation is 1. The fraction of sp³-hybridized carbons (Fsp3) is 0.619. The molecule has 0 bridgehead atoms. The minimum Gasteiger partial charge on any atom is -0.557 e. The first-order chi connectivity index (χ1) is 11.0. The average Bonchev–Trinajstić information content (AvgIpc) is 2.52. The van der Waals surface area contributed by atoms with Crippen LogP contribution in [0.25, 0.3) is 0 Å². The summed E-state index contributed by atoms with van der Waals surface area (Å²) >= 11 is 0. The summed E-state index contributed by atoms with van der Waals surface area (Å²) in [6, 6.07) is 6.68. The predicted octanol–water partition coefficient (Wildman–Crippen LogP) is 5.81. The summed E-state index contributed by atoms with van der Waals surface area (Å²) in [7, 11) is 0. The van der Waals surface area contributed by atoms with E-state index in [2.05, 4.69) is 45.9 Å². The van der Waals surface area contributed by atoms with E-state index in [9.17, 15) is 0 Å². The number of phenolic OH excluding ortho intramolecular Hbond substituents is 2. The van der Waals surface area contributed by atoms with Crippen LogP contribution in [-0.2, 0) is 71.8 Å². The Morgan fingerprint density at radius 2 is 1.76 bits per heavy atom. The zero-order chi connectivity index (χ0) is 17.2. The first-order valence-corrected chi connectivity index (χ1v) is 8.98. The second kappa shape index (κ2) is 15.8. The Labute approximate surface area is 205 Å². The van der Waals surface area contributed by atoms with Crippen molar-refractivity contribution in [2.45, 2.75) is 72.6 Å². The minimum absolute atomic E-state index is 0. The van der Waals surface area contributed by atoms with Crippen molar-refractivity contribution < 1.29 is 75.6 Å². The monoisotopic (exact) mass is 494 g/mol. The fourth-order valence-corrected chi connectivity index (χ4v) is 2.86. The summed E-state index contributed by atoms with van der Waals surface area (Å²) < 4.78 is 0. The van der Waals surface area contributed by atoms with Crippen molar-refractivity contribution in [2.24, 2.45) is 11.8 Å².